The number of thiazole rings is 1. The lowest BCUT2D eigenvalue weighted by Crippen LogP contribution is -2.47. The van der Waals surface area contributed by atoms with Gasteiger partial charge in [-0.1, -0.05) is 17.7 Å². The predicted molar refractivity (Wildman–Crippen MR) is 146 cm³/mol. The molecule has 0 amide bonds. The number of aliphatic hydroxyl groups is 1. The second-order valence-corrected chi connectivity index (χ2v) is 12.9. The monoisotopic (exact) mass is 618 g/mol. The minimum atomic E-state index is -3.65. The predicted octanol–water partition coefficient (Wildman–Crippen LogP) is 3.33. The van der Waals surface area contributed by atoms with E-state index < -0.39 is 50.8 Å². The molecule has 40 heavy (non-hydrogen) atoms. The molecule has 1 fully saturated rings. The summed E-state index contributed by atoms with van der Waals surface area (Å²) in [6, 6.07) is 0.439. The Hall–Kier alpha value is -2.49. The standard InChI is InChI=1S/C25H29ClF2N4O6S2/c1-38-12-15(33)11-32(40(2,36)37)14-5-3-13(4-6-14)21-18(25(34)35)22(16-7-8-17(27)20(28)19(16)26)31-23(30-21)24-29-9-10-39-24/h7-10,13-15,22,33H,3-6,11-12H2,1-2H3,(H,30,31)(H,34,35). The number of hydrogen-bond acceptors (Lipinski definition) is 9. The maximum Gasteiger partial charge on any atom is 0.335 e. The number of nitrogens with one attached hydrogen (secondary N) is 1. The molecule has 0 saturated heterocycles. The van der Waals surface area contributed by atoms with E-state index in [1.807, 2.05) is 0 Å². The highest BCUT2D eigenvalue weighted by molar-refractivity contribution is 7.88. The van der Waals surface area contributed by atoms with Crippen LogP contribution in [-0.4, -0.2) is 78.4 Å². The highest BCUT2D eigenvalue weighted by Crippen LogP contribution is 2.42. The molecule has 1 aromatic heterocycles. The van der Waals surface area contributed by atoms with Gasteiger partial charge < -0.3 is 20.3 Å². The first-order valence-corrected chi connectivity index (χ1v) is 15.5. The molecule has 2 aromatic rings. The third-order valence-electron chi connectivity index (χ3n) is 6.99. The molecule has 1 aliphatic heterocycles. The smallest absolute Gasteiger partial charge is 0.335 e. The largest absolute Gasteiger partial charge is 0.478 e. The molecule has 3 N–H and O–H groups in total. The lowest BCUT2D eigenvalue weighted by Gasteiger charge is -2.38. The summed E-state index contributed by atoms with van der Waals surface area (Å²) >= 11 is 7.41. The van der Waals surface area contributed by atoms with Crippen molar-refractivity contribution in [3.8, 4) is 0 Å². The van der Waals surface area contributed by atoms with Gasteiger partial charge in [-0.25, -0.2) is 27.0 Å². The minimum Gasteiger partial charge on any atom is -0.478 e. The van der Waals surface area contributed by atoms with Crippen LogP contribution >= 0.6 is 22.9 Å². The van der Waals surface area contributed by atoms with Crippen molar-refractivity contribution in [1.29, 1.82) is 0 Å². The van der Waals surface area contributed by atoms with Gasteiger partial charge in [0.15, 0.2) is 22.5 Å². The van der Waals surface area contributed by atoms with E-state index in [9.17, 15) is 32.2 Å². The molecular weight excluding hydrogens is 590 g/mol. The summed E-state index contributed by atoms with van der Waals surface area (Å²) in [5, 5.41) is 25.2. The van der Waals surface area contributed by atoms with E-state index in [0.29, 0.717) is 36.4 Å². The summed E-state index contributed by atoms with van der Waals surface area (Å²) in [5.41, 5.74) is 0.171. The van der Waals surface area contributed by atoms with E-state index in [1.54, 1.807) is 11.6 Å². The molecule has 15 heteroatoms. The third-order valence-corrected chi connectivity index (χ3v) is 9.45. The molecule has 4 rings (SSSR count). The Morgan fingerprint density at radius 2 is 2.00 bits per heavy atom. The number of carbonyl (C=O) groups is 1. The Bertz CT molecular complexity index is 1410. The maximum atomic E-state index is 14.4. The van der Waals surface area contributed by atoms with E-state index in [1.165, 1.54) is 28.8 Å². The molecule has 10 nitrogen and oxygen atoms in total. The highest BCUT2D eigenvalue weighted by atomic mass is 35.5. The van der Waals surface area contributed by atoms with Crippen LogP contribution in [0.2, 0.25) is 5.02 Å². The second kappa shape index (κ2) is 12.6. The topological polar surface area (TPSA) is 141 Å². The fourth-order valence-corrected chi connectivity index (χ4v) is 7.25. The van der Waals surface area contributed by atoms with Crippen LogP contribution in [0.1, 0.15) is 42.3 Å². The van der Waals surface area contributed by atoms with Gasteiger partial charge in [0.05, 0.1) is 29.6 Å². The van der Waals surface area contributed by atoms with Crippen molar-refractivity contribution in [2.75, 3.05) is 26.5 Å². The van der Waals surface area contributed by atoms with Gasteiger partial charge in [0, 0.05) is 42.5 Å². The van der Waals surface area contributed by atoms with E-state index in [0.717, 1.165) is 12.3 Å². The zero-order valence-electron chi connectivity index (χ0n) is 21.7. The molecule has 0 radical (unpaired) electrons. The van der Waals surface area contributed by atoms with Crippen molar-refractivity contribution in [3.63, 3.8) is 0 Å². The van der Waals surface area contributed by atoms with Crippen molar-refractivity contribution in [2.45, 2.75) is 43.9 Å². The van der Waals surface area contributed by atoms with Gasteiger partial charge in [-0.05, 0) is 37.7 Å². The molecular formula is C25H29ClF2N4O6S2. The number of aromatic nitrogens is 1. The molecule has 2 heterocycles. The molecule has 2 aliphatic rings. The van der Waals surface area contributed by atoms with Crippen LogP contribution in [0.4, 0.5) is 8.78 Å². The summed E-state index contributed by atoms with van der Waals surface area (Å²) < 4.78 is 59.5. The lowest BCUT2D eigenvalue weighted by atomic mass is 9.80. The summed E-state index contributed by atoms with van der Waals surface area (Å²) in [4.78, 5) is 21.4. The van der Waals surface area contributed by atoms with Crippen molar-refractivity contribution < 1.29 is 36.9 Å². The lowest BCUT2D eigenvalue weighted by molar-refractivity contribution is -0.133. The number of halogens is 3. The number of aliphatic imine (C=N–C) groups is 1. The van der Waals surface area contributed by atoms with Gasteiger partial charge in [-0.3, -0.25) is 4.99 Å². The number of nitrogens with zero attached hydrogens (tertiary/aromatic N) is 3. The number of aliphatic hydroxyl groups excluding tert-OH is 1. The van der Waals surface area contributed by atoms with Gasteiger partial charge in [-0.15, -0.1) is 11.3 Å². The molecule has 218 valence electrons. The summed E-state index contributed by atoms with van der Waals surface area (Å²) in [6.45, 7) is -0.145. The number of ether oxygens (including phenoxy) is 1. The van der Waals surface area contributed by atoms with Crippen LogP contribution in [-0.2, 0) is 19.6 Å². The number of sulfonamides is 1. The summed E-state index contributed by atoms with van der Waals surface area (Å²) in [5.74, 6) is -3.85. The average Bonchev–Trinajstić information content (AvgIpc) is 3.45. The number of amidine groups is 1. The molecule has 1 aliphatic carbocycles. The Morgan fingerprint density at radius 3 is 2.58 bits per heavy atom. The van der Waals surface area contributed by atoms with Crippen LogP contribution in [0.3, 0.4) is 0 Å². The van der Waals surface area contributed by atoms with Crippen LogP contribution in [0.15, 0.2) is 40.0 Å². The number of rotatable bonds is 10. The van der Waals surface area contributed by atoms with Gasteiger partial charge in [0.1, 0.15) is 6.04 Å². The van der Waals surface area contributed by atoms with Gasteiger partial charge in [0.25, 0.3) is 0 Å². The van der Waals surface area contributed by atoms with Gasteiger partial charge >= 0.3 is 5.97 Å². The quantitative estimate of drug-likeness (QED) is 0.344. The number of aliphatic carboxylic acids is 1. The van der Waals surface area contributed by atoms with E-state index in [-0.39, 0.29) is 36.0 Å². The molecule has 1 aromatic carbocycles. The van der Waals surface area contributed by atoms with Crippen molar-refractivity contribution in [3.05, 3.63) is 62.2 Å². The molecule has 0 bridgehead atoms. The zero-order chi connectivity index (χ0) is 29.2. The van der Waals surface area contributed by atoms with Gasteiger partial charge in [-0.2, -0.15) is 4.31 Å². The number of carboxylic acid groups (broad SMARTS) is 1. The SMILES string of the molecule is COCC(O)CN(C1CCC(C2=C(C(=O)O)C(c3ccc(F)c(F)c3Cl)N=C(c3nccs3)N2)CC1)S(C)(=O)=O. The van der Waals surface area contributed by atoms with Crippen molar-refractivity contribution >= 4 is 44.8 Å². The first kappa shape index (κ1) is 30.5. The van der Waals surface area contributed by atoms with Gasteiger partial charge in [0.2, 0.25) is 10.0 Å². The molecule has 0 spiro atoms. The summed E-state index contributed by atoms with van der Waals surface area (Å²) in [6.07, 6.45) is 3.27. The molecule has 1 saturated carbocycles. The van der Waals surface area contributed by atoms with E-state index >= 15 is 0 Å². The van der Waals surface area contributed by atoms with Crippen LogP contribution < -0.4 is 5.32 Å². The van der Waals surface area contributed by atoms with Crippen molar-refractivity contribution in [1.82, 2.24) is 14.6 Å². The molecule has 2 atom stereocenters. The fourth-order valence-electron chi connectivity index (χ4n) is 5.21. The number of carboxylic acids is 1. The van der Waals surface area contributed by atoms with E-state index in [2.05, 4.69) is 15.3 Å². The number of allylic oxidation sites excluding steroid dienone is 1. The van der Waals surface area contributed by atoms with Crippen LogP contribution in [0.25, 0.3) is 0 Å². The van der Waals surface area contributed by atoms with E-state index in [4.69, 9.17) is 16.3 Å². The minimum absolute atomic E-state index is 0.00455. The Morgan fingerprint density at radius 1 is 1.30 bits per heavy atom. The number of methoxy groups -OCH3 is 1. The molecule has 2 unspecified atom stereocenters. The second-order valence-electron chi connectivity index (χ2n) is 9.69. The average molecular weight is 619 g/mol. The van der Waals surface area contributed by atoms with Crippen LogP contribution in [0, 0.1) is 17.6 Å². The maximum absolute atomic E-state index is 14.4. The Labute approximate surface area is 239 Å². The van der Waals surface area contributed by atoms with Crippen molar-refractivity contribution in [2.24, 2.45) is 10.9 Å². The normalized spacial score (nSPS) is 22.7. The Balaban J connectivity index is 1.69. The zero-order valence-corrected chi connectivity index (χ0v) is 24.1. The first-order chi connectivity index (χ1) is 18.9. The number of hydrogen-bond donors (Lipinski definition) is 3. The first-order valence-electron chi connectivity index (χ1n) is 12.4. The fraction of sp³-hybridized carbons (Fsp3) is 0.480. The Kier molecular flexibility index (Phi) is 9.58. The summed E-state index contributed by atoms with van der Waals surface area (Å²) in [7, 11) is -2.24. The highest BCUT2D eigenvalue weighted by Gasteiger charge is 2.39. The number of benzene rings is 1. The van der Waals surface area contributed by atoms with Crippen LogP contribution in [0.5, 0.6) is 0 Å². The third kappa shape index (κ3) is 6.52.